The Kier molecular flexibility index (Phi) is 4.83. The van der Waals surface area contributed by atoms with Crippen LogP contribution in [-0.4, -0.2) is 24.5 Å². The Balaban J connectivity index is 1.38. The summed E-state index contributed by atoms with van der Waals surface area (Å²) in [6.07, 6.45) is 0. The van der Waals surface area contributed by atoms with Gasteiger partial charge in [0, 0.05) is 43.7 Å². The second-order valence-corrected chi connectivity index (χ2v) is 10.7. The fourth-order valence-corrected chi connectivity index (χ4v) is 6.17. The lowest BCUT2D eigenvalue weighted by molar-refractivity contribution is 0.954. The smallest absolute Gasteiger partial charge is 0.238 e. The molecule has 3 aromatic heterocycles. The van der Waals surface area contributed by atoms with Gasteiger partial charge in [-0.25, -0.2) is 4.98 Å². The Labute approximate surface area is 240 Å². The monoisotopic (exact) mass is 537 g/mol. The predicted octanol–water partition coefficient (Wildman–Crippen LogP) is 9.09. The van der Waals surface area contributed by atoms with Crippen molar-refractivity contribution in [3.63, 3.8) is 0 Å². The van der Waals surface area contributed by atoms with Crippen LogP contribution in [0.5, 0.6) is 0 Å². The minimum absolute atomic E-state index is 0.596. The SMILES string of the molecule is c1ccc(-c2nc(-c3ccccc3)nc(-n3c4ccccc4c4cc5[nH]c6cc7ccccc7cc6c5cc43)n2)cc1. The maximum absolute atomic E-state index is 5.08. The lowest BCUT2D eigenvalue weighted by Crippen LogP contribution is -2.06. The van der Waals surface area contributed by atoms with E-state index in [1.807, 2.05) is 60.7 Å². The number of fused-ring (bicyclic) bond motifs is 7. The third kappa shape index (κ3) is 3.47. The fraction of sp³-hybridized carbons (Fsp3) is 0. The van der Waals surface area contributed by atoms with Crippen molar-refractivity contribution in [2.75, 3.05) is 0 Å². The van der Waals surface area contributed by atoms with Crippen LogP contribution in [0.25, 0.3) is 83.1 Å². The molecule has 3 heterocycles. The molecule has 196 valence electrons. The first kappa shape index (κ1) is 22.9. The number of aromatic nitrogens is 5. The quantitative estimate of drug-likeness (QED) is 0.244. The minimum Gasteiger partial charge on any atom is -0.354 e. The van der Waals surface area contributed by atoms with Crippen molar-refractivity contribution in [1.29, 1.82) is 0 Å². The molecule has 5 heteroatoms. The largest absolute Gasteiger partial charge is 0.354 e. The zero-order valence-corrected chi connectivity index (χ0v) is 22.5. The molecule has 0 spiro atoms. The zero-order chi connectivity index (χ0) is 27.6. The molecule has 5 nitrogen and oxygen atoms in total. The highest BCUT2D eigenvalue weighted by molar-refractivity contribution is 6.19. The zero-order valence-electron chi connectivity index (χ0n) is 22.5. The highest BCUT2D eigenvalue weighted by atomic mass is 15.2. The Morgan fingerprint density at radius 1 is 0.429 bits per heavy atom. The first-order chi connectivity index (χ1) is 20.8. The molecule has 0 saturated carbocycles. The third-order valence-corrected chi connectivity index (χ3v) is 8.14. The molecule has 0 aliphatic heterocycles. The van der Waals surface area contributed by atoms with E-state index in [2.05, 4.69) is 82.3 Å². The van der Waals surface area contributed by atoms with E-state index in [-0.39, 0.29) is 0 Å². The van der Waals surface area contributed by atoms with Crippen molar-refractivity contribution < 1.29 is 0 Å². The summed E-state index contributed by atoms with van der Waals surface area (Å²) in [5, 5.41) is 7.13. The van der Waals surface area contributed by atoms with Crippen LogP contribution < -0.4 is 0 Å². The van der Waals surface area contributed by atoms with Gasteiger partial charge < -0.3 is 4.98 Å². The normalized spacial score (nSPS) is 11.8. The Morgan fingerprint density at radius 2 is 1.00 bits per heavy atom. The second-order valence-electron chi connectivity index (χ2n) is 10.7. The van der Waals surface area contributed by atoms with Crippen LogP contribution in [0, 0.1) is 0 Å². The molecule has 42 heavy (non-hydrogen) atoms. The van der Waals surface area contributed by atoms with Gasteiger partial charge in [-0.3, -0.25) is 4.57 Å². The lowest BCUT2D eigenvalue weighted by Gasteiger charge is -2.11. The van der Waals surface area contributed by atoms with Crippen LogP contribution in [0.15, 0.2) is 133 Å². The van der Waals surface area contributed by atoms with Crippen LogP contribution in [0.1, 0.15) is 0 Å². The van der Waals surface area contributed by atoms with Gasteiger partial charge in [0.15, 0.2) is 11.6 Å². The second kappa shape index (κ2) is 8.85. The maximum Gasteiger partial charge on any atom is 0.238 e. The van der Waals surface area contributed by atoms with E-state index < -0.39 is 0 Å². The standard InChI is InChI=1S/C37H23N5/c1-3-11-23(12-4-1)35-39-36(24-13-5-2-6-14-24)41-37(40-35)42-33-18-10-9-17-27(33)30-21-32-29(22-34(30)42)28-19-25-15-7-8-16-26(25)20-31(28)38-32/h1-22,38H. The van der Waals surface area contributed by atoms with Gasteiger partial charge in [-0.2, -0.15) is 9.97 Å². The van der Waals surface area contributed by atoms with Gasteiger partial charge in [0.25, 0.3) is 0 Å². The Bertz CT molecular complexity index is 2400. The number of benzene rings is 6. The summed E-state index contributed by atoms with van der Waals surface area (Å²) >= 11 is 0. The van der Waals surface area contributed by atoms with E-state index in [1.165, 1.54) is 21.5 Å². The Hall–Kier alpha value is -5.81. The molecule has 0 aliphatic rings. The molecular weight excluding hydrogens is 514 g/mol. The molecule has 0 amide bonds. The molecule has 0 atom stereocenters. The average Bonchev–Trinajstić information content (AvgIpc) is 3.57. The molecule has 0 bridgehead atoms. The summed E-state index contributed by atoms with van der Waals surface area (Å²) in [5.74, 6) is 1.88. The van der Waals surface area contributed by atoms with E-state index >= 15 is 0 Å². The van der Waals surface area contributed by atoms with E-state index in [1.54, 1.807) is 0 Å². The van der Waals surface area contributed by atoms with Gasteiger partial charge in [-0.1, -0.05) is 103 Å². The minimum atomic E-state index is 0.596. The molecular formula is C37H23N5. The Morgan fingerprint density at radius 3 is 1.71 bits per heavy atom. The number of nitrogens with zero attached hydrogens (tertiary/aromatic N) is 4. The number of hydrogen-bond donors (Lipinski definition) is 1. The number of nitrogens with one attached hydrogen (secondary N) is 1. The molecule has 9 aromatic rings. The van der Waals surface area contributed by atoms with Gasteiger partial charge in [0.2, 0.25) is 5.95 Å². The summed E-state index contributed by atoms with van der Waals surface area (Å²) in [4.78, 5) is 18.8. The van der Waals surface area contributed by atoms with E-state index in [0.29, 0.717) is 17.6 Å². The number of rotatable bonds is 3. The van der Waals surface area contributed by atoms with Crippen molar-refractivity contribution in [1.82, 2.24) is 24.5 Å². The van der Waals surface area contributed by atoms with E-state index in [4.69, 9.17) is 15.0 Å². The molecule has 0 aliphatic carbocycles. The number of aromatic amines is 1. The van der Waals surface area contributed by atoms with Gasteiger partial charge in [-0.15, -0.1) is 0 Å². The van der Waals surface area contributed by atoms with Gasteiger partial charge in [-0.05, 0) is 41.1 Å². The summed E-state index contributed by atoms with van der Waals surface area (Å²) in [6, 6.07) is 46.3. The van der Waals surface area contributed by atoms with Gasteiger partial charge >= 0.3 is 0 Å². The average molecular weight is 538 g/mol. The topological polar surface area (TPSA) is 59.4 Å². The van der Waals surface area contributed by atoms with E-state index in [9.17, 15) is 0 Å². The molecule has 0 saturated heterocycles. The highest BCUT2D eigenvalue weighted by Gasteiger charge is 2.19. The molecule has 0 fully saturated rings. The van der Waals surface area contributed by atoms with Crippen LogP contribution >= 0.6 is 0 Å². The van der Waals surface area contributed by atoms with Crippen molar-refractivity contribution >= 4 is 54.4 Å². The molecule has 0 radical (unpaired) electrons. The molecule has 0 unspecified atom stereocenters. The van der Waals surface area contributed by atoms with E-state index in [0.717, 1.165) is 44.0 Å². The van der Waals surface area contributed by atoms with Gasteiger partial charge in [0.1, 0.15) is 0 Å². The number of para-hydroxylation sites is 1. The van der Waals surface area contributed by atoms with Gasteiger partial charge in [0.05, 0.1) is 11.0 Å². The van der Waals surface area contributed by atoms with Crippen molar-refractivity contribution in [3.8, 4) is 28.7 Å². The summed E-state index contributed by atoms with van der Waals surface area (Å²) < 4.78 is 2.19. The summed E-state index contributed by atoms with van der Waals surface area (Å²) in [7, 11) is 0. The fourth-order valence-electron chi connectivity index (χ4n) is 6.17. The first-order valence-electron chi connectivity index (χ1n) is 14.0. The van der Waals surface area contributed by atoms with Crippen molar-refractivity contribution in [2.45, 2.75) is 0 Å². The van der Waals surface area contributed by atoms with Crippen molar-refractivity contribution in [2.24, 2.45) is 0 Å². The molecule has 6 aromatic carbocycles. The maximum atomic E-state index is 5.08. The van der Waals surface area contributed by atoms with Crippen molar-refractivity contribution in [3.05, 3.63) is 133 Å². The molecule has 9 rings (SSSR count). The summed E-state index contributed by atoms with van der Waals surface area (Å²) in [5.41, 5.74) is 6.25. The predicted molar refractivity (Wildman–Crippen MR) is 172 cm³/mol. The van der Waals surface area contributed by atoms with Crippen LogP contribution in [0.4, 0.5) is 0 Å². The summed E-state index contributed by atoms with van der Waals surface area (Å²) in [6.45, 7) is 0. The third-order valence-electron chi connectivity index (χ3n) is 8.14. The molecule has 1 N–H and O–H groups in total. The van der Waals surface area contributed by atoms with Crippen LogP contribution in [0.3, 0.4) is 0 Å². The van der Waals surface area contributed by atoms with Crippen LogP contribution in [0.2, 0.25) is 0 Å². The number of hydrogen-bond acceptors (Lipinski definition) is 3. The number of H-pyrrole nitrogens is 1. The van der Waals surface area contributed by atoms with Crippen LogP contribution in [-0.2, 0) is 0 Å². The highest BCUT2D eigenvalue weighted by Crippen LogP contribution is 2.38. The lowest BCUT2D eigenvalue weighted by atomic mass is 10.1. The first-order valence-corrected chi connectivity index (χ1v) is 14.0.